The Morgan fingerprint density at radius 2 is 1.44 bits per heavy atom. The third kappa shape index (κ3) is 4.63. The van der Waals surface area contributed by atoms with Gasteiger partial charge in [0.15, 0.2) is 11.6 Å². The van der Waals surface area contributed by atoms with E-state index in [2.05, 4.69) is 25.6 Å². The van der Waals surface area contributed by atoms with Crippen LogP contribution in [-0.4, -0.2) is 31.9 Å². The largest absolute Gasteiger partial charge is 0.497 e. The molecule has 0 spiro atoms. The fourth-order valence-corrected chi connectivity index (χ4v) is 2.60. The Balaban J connectivity index is 2.07. The number of Topliss-reactive ketones (excluding diaryl/α,β-unsaturated/α-hetero) is 2. The Labute approximate surface area is 148 Å². The van der Waals surface area contributed by atoms with Gasteiger partial charge in [0.05, 0.1) is 13.5 Å². The lowest BCUT2D eigenvalue weighted by atomic mass is 9.84. The molecule has 25 heavy (non-hydrogen) atoms. The highest BCUT2D eigenvalue weighted by Crippen LogP contribution is 2.24. The predicted octanol–water partition coefficient (Wildman–Crippen LogP) is 4.13. The molecule has 0 saturated carbocycles. The van der Waals surface area contributed by atoms with E-state index < -0.39 is 0 Å². The Morgan fingerprint density at radius 3 is 1.88 bits per heavy atom. The molecule has 130 valence electrons. The maximum Gasteiger partial charge on any atom is 0.170 e. The molecule has 0 fully saturated rings. The summed E-state index contributed by atoms with van der Waals surface area (Å²) in [6.45, 7) is 8.30. The summed E-state index contributed by atoms with van der Waals surface area (Å²) >= 11 is 0. The van der Waals surface area contributed by atoms with E-state index in [9.17, 15) is 9.59 Å². The summed E-state index contributed by atoms with van der Waals surface area (Å²) in [6.07, 6.45) is -0.150. The second-order valence-electron chi connectivity index (χ2n) is 6.59. The van der Waals surface area contributed by atoms with Crippen LogP contribution < -0.4 is 4.74 Å². The molecular formula is C21H23NO3. The van der Waals surface area contributed by atoms with Gasteiger partial charge in [-0.25, -0.2) is 0 Å². The van der Waals surface area contributed by atoms with Crippen molar-refractivity contribution in [2.24, 2.45) is 4.99 Å². The molecule has 0 radical (unpaired) electrons. The van der Waals surface area contributed by atoms with Crippen LogP contribution in [0.2, 0.25) is 0 Å². The highest BCUT2D eigenvalue weighted by molar-refractivity contribution is 6.13. The maximum atomic E-state index is 12.4. The van der Waals surface area contributed by atoms with E-state index in [1.54, 1.807) is 43.5 Å². The van der Waals surface area contributed by atoms with Gasteiger partial charge in [0, 0.05) is 23.1 Å². The summed E-state index contributed by atoms with van der Waals surface area (Å²) in [4.78, 5) is 28.6. The maximum absolute atomic E-state index is 12.4. The Bertz CT molecular complexity index is 759. The predicted molar refractivity (Wildman–Crippen MR) is 100 cm³/mol. The second kappa shape index (κ2) is 7.88. The summed E-state index contributed by atoms with van der Waals surface area (Å²) in [5.74, 6) is 0.287. The molecule has 4 heteroatoms. The van der Waals surface area contributed by atoms with E-state index in [1.807, 2.05) is 12.1 Å². The van der Waals surface area contributed by atoms with Crippen molar-refractivity contribution in [1.29, 1.82) is 0 Å². The van der Waals surface area contributed by atoms with Crippen molar-refractivity contribution in [1.82, 2.24) is 0 Å². The normalized spacial score (nSPS) is 11.0. The summed E-state index contributed by atoms with van der Waals surface area (Å²) in [6, 6.07) is 14.1. The lowest BCUT2D eigenvalue weighted by Gasteiger charge is -2.22. The number of rotatable bonds is 8. The highest BCUT2D eigenvalue weighted by atomic mass is 16.5. The van der Waals surface area contributed by atoms with Crippen molar-refractivity contribution in [3.05, 3.63) is 65.2 Å². The zero-order chi connectivity index (χ0) is 18.4. The molecule has 2 aromatic rings. The van der Waals surface area contributed by atoms with E-state index in [0.717, 1.165) is 5.56 Å². The van der Waals surface area contributed by atoms with Crippen molar-refractivity contribution < 1.29 is 14.3 Å². The zero-order valence-electron chi connectivity index (χ0n) is 14.9. The number of carbonyl (C=O) groups is 2. The van der Waals surface area contributed by atoms with E-state index in [1.165, 1.54) is 0 Å². The first-order valence-electron chi connectivity index (χ1n) is 8.11. The minimum absolute atomic E-state index is 0.137. The van der Waals surface area contributed by atoms with E-state index in [4.69, 9.17) is 4.74 Å². The number of hydrogen-bond donors (Lipinski definition) is 0. The molecule has 0 aliphatic rings. The van der Waals surface area contributed by atoms with Gasteiger partial charge in [-0.15, -0.1) is 0 Å². The summed E-state index contributed by atoms with van der Waals surface area (Å²) in [5, 5.41) is 0. The van der Waals surface area contributed by atoms with Gasteiger partial charge in [-0.2, -0.15) is 0 Å². The minimum Gasteiger partial charge on any atom is -0.497 e. The van der Waals surface area contributed by atoms with Crippen LogP contribution in [0.25, 0.3) is 0 Å². The van der Waals surface area contributed by atoms with Gasteiger partial charge in [0.1, 0.15) is 5.75 Å². The smallest absolute Gasteiger partial charge is 0.170 e. The molecule has 0 amide bonds. The molecular weight excluding hydrogens is 314 g/mol. The fourth-order valence-electron chi connectivity index (χ4n) is 2.60. The number of ether oxygens (including phenoxy) is 1. The standard InChI is InChI=1S/C21H23NO3/c1-21(2,14-22-3)17-9-5-15(6-10-17)19(23)13-20(24)16-7-11-18(25-4)12-8-16/h5-12H,3,13-14H2,1-2,4H3. The van der Waals surface area contributed by atoms with Crippen LogP contribution in [0.1, 0.15) is 46.5 Å². The number of hydrogen-bond acceptors (Lipinski definition) is 4. The molecule has 0 aliphatic carbocycles. The lowest BCUT2D eigenvalue weighted by Crippen LogP contribution is -2.21. The van der Waals surface area contributed by atoms with Gasteiger partial charge >= 0.3 is 0 Å². The van der Waals surface area contributed by atoms with Crippen LogP contribution in [0.15, 0.2) is 53.5 Å². The first-order valence-corrected chi connectivity index (χ1v) is 8.11. The number of methoxy groups -OCH3 is 1. The van der Waals surface area contributed by atoms with Gasteiger partial charge in [0.2, 0.25) is 0 Å². The van der Waals surface area contributed by atoms with E-state index >= 15 is 0 Å². The average Bonchev–Trinajstić information content (AvgIpc) is 2.61. The van der Waals surface area contributed by atoms with E-state index in [-0.39, 0.29) is 23.4 Å². The molecule has 0 unspecified atom stereocenters. The number of benzene rings is 2. The molecule has 4 nitrogen and oxygen atoms in total. The number of nitrogens with zero attached hydrogens (tertiary/aromatic N) is 1. The molecule has 0 N–H and O–H groups in total. The van der Waals surface area contributed by atoms with Crippen molar-refractivity contribution in [3.63, 3.8) is 0 Å². The fraction of sp³-hybridized carbons (Fsp3) is 0.286. The quantitative estimate of drug-likeness (QED) is 0.413. The van der Waals surface area contributed by atoms with Crippen LogP contribution in [0.4, 0.5) is 0 Å². The molecule has 2 aromatic carbocycles. The van der Waals surface area contributed by atoms with Crippen LogP contribution in [-0.2, 0) is 5.41 Å². The van der Waals surface area contributed by atoms with Gasteiger partial charge < -0.3 is 9.73 Å². The Kier molecular flexibility index (Phi) is 5.86. The first kappa shape index (κ1) is 18.6. The van der Waals surface area contributed by atoms with Crippen molar-refractivity contribution in [3.8, 4) is 5.75 Å². The van der Waals surface area contributed by atoms with Crippen LogP contribution >= 0.6 is 0 Å². The molecule has 0 bridgehead atoms. The first-order chi connectivity index (χ1) is 11.9. The van der Waals surface area contributed by atoms with Crippen molar-refractivity contribution in [2.45, 2.75) is 25.7 Å². The van der Waals surface area contributed by atoms with Crippen LogP contribution in [0, 0.1) is 0 Å². The number of aliphatic imine (C=N–C) groups is 1. The van der Waals surface area contributed by atoms with Gasteiger partial charge in [-0.05, 0) is 36.5 Å². The third-order valence-corrected chi connectivity index (χ3v) is 4.23. The zero-order valence-corrected chi connectivity index (χ0v) is 14.9. The topological polar surface area (TPSA) is 55.7 Å². The van der Waals surface area contributed by atoms with Gasteiger partial charge in [0.25, 0.3) is 0 Å². The second-order valence-corrected chi connectivity index (χ2v) is 6.59. The number of carbonyl (C=O) groups excluding carboxylic acids is 2. The number of ketones is 2. The molecule has 0 saturated heterocycles. The van der Waals surface area contributed by atoms with E-state index in [0.29, 0.717) is 23.4 Å². The average molecular weight is 337 g/mol. The molecule has 0 heterocycles. The van der Waals surface area contributed by atoms with Gasteiger partial charge in [-0.3, -0.25) is 9.59 Å². The molecule has 2 rings (SSSR count). The van der Waals surface area contributed by atoms with Crippen LogP contribution in [0.5, 0.6) is 5.75 Å². The highest BCUT2D eigenvalue weighted by Gasteiger charge is 2.20. The molecule has 0 atom stereocenters. The van der Waals surface area contributed by atoms with Crippen molar-refractivity contribution >= 4 is 18.3 Å². The third-order valence-electron chi connectivity index (χ3n) is 4.23. The summed E-state index contributed by atoms with van der Waals surface area (Å²) in [7, 11) is 1.57. The Morgan fingerprint density at radius 1 is 0.960 bits per heavy atom. The minimum atomic E-state index is -0.201. The molecule has 0 aromatic heterocycles. The van der Waals surface area contributed by atoms with Crippen LogP contribution in [0.3, 0.4) is 0 Å². The summed E-state index contributed by atoms with van der Waals surface area (Å²) < 4.78 is 5.07. The monoisotopic (exact) mass is 337 g/mol. The van der Waals surface area contributed by atoms with Crippen molar-refractivity contribution in [2.75, 3.05) is 13.7 Å². The Hall–Kier alpha value is -2.75. The van der Waals surface area contributed by atoms with Gasteiger partial charge in [-0.1, -0.05) is 38.1 Å². The molecule has 0 aliphatic heterocycles. The summed E-state index contributed by atoms with van der Waals surface area (Å²) in [5.41, 5.74) is 1.98. The SMILES string of the molecule is C=NCC(C)(C)c1ccc(C(=O)CC(=O)c2ccc(OC)cc2)cc1. The lowest BCUT2D eigenvalue weighted by molar-refractivity contribution is 0.0894.